The zero-order valence-corrected chi connectivity index (χ0v) is 12.0. The summed E-state index contributed by atoms with van der Waals surface area (Å²) in [6, 6.07) is 6.11. The van der Waals surface area contributed by atoms with E-state index >= 15 is 0 Å². The fourth-order valence-corrected chi connectivity index (χ4v) is 1.74. The summed E-state index contributed by atoms with van der Waals surface area (Å²) in [7, 11) is 0. The largest absolute Gasteiger partial charge is 0.484 e. The highest BCUT2D eigenvalue weighted by Crippen LogP contribution is 2.30. The third kappa shape index (κ3) is 4.85. The molecule has 0 aliphatic heterocycles. The van der Waals surface area contributed by atoms with Gasteiger partial charge < -0.3 is 4.74 Å². The van der Waals surface area contributed by atoms with Gasteiger partial charge in [0.15, 0.2) is 5.75 Å². The van der Waals surface area contributed by atoms with Crippen molar-refractivity contribution in [3.63, 3.8) is 0 Å². The molecular weight excluding hydrogens is 314 g/mol. The lowest BCUT2D eigenvalue weighted by molar-refractivity contribution is -0.385. The summed E-state index contributed by atoms with van der Waals surface area (Å²) in [4.78, 5) is 10.4. The number of hydrogen-bond donors (Lipinski definition) is 1. The second kappa shape index (κ2) is 7.71. The summed E-state index contributed by atoms with van der Waals surface area (Å²) in [5, 5.41) is 22.8. The number of nitriles is 1. The van der Waals surface area contributed by atoms with Crippen LogP contribution in [0.25, 0.3) is 0 Å². The molecule has 1 unspecified atom stereocenters. The van der Waals surface area contributed by atoms with E-state index in [0.29, 0.717) is 11.0 Å². The molecule has 0 radical (unpaired) electrons. The van der Waals surface area contributed by atoms with Gasteiger partial charge in [0.2, 0.25) is 0 Å². The van der Waals surface area contributed by atoms with Crippen molar-refractivity contribution in [2.75, 3.05) is 13.2 Å². The van der Waals surface area contributed by atoms with E-state index < -0.39 is 11.0 Å². The van der Waals surface area contributed by atoms with E-state index in [4.69, 9.17) is 10.00 Å². The molecule has 0 spiro atoms. The first kappa shape index (κ1) is 15.4. The Bertz CT molecular complexity index is 488. The molecule has 0 bridgehead atoms. The lowest BCUT2D eigenvalue weighted by atomic mass is 10.3. The lowest BCUT2D eigenvalue weighted by Crippen LogP contribution is -2.33. The van der Waals surface area contributed by atoms with Crippen molar-refractivity contribution in [1.82, 2.24) is 5.32 Å². The number of nitrogens with one attached hydrogen (secondary N) is 1. The Labute approximate surface area is 119 Å². The Morgan fingerprint density at radius 2 is 2.37 bits per heavy atom. The fourth-order valence-electron chi connectivity index (χ4n) is 1.39. The van der Waals surface area contributed by atoms with Crippen molar-refractivity contribution in [1.29, 1.82) is 5.26 Å². The zero-order valence-electron chi connectivity index (χ0n) is 10.4. The minimum absolute atomic E-state index is 0.0684. The standard InChI is InChI=1S/C12H14BrN3O3/c1-2-5-15-10(7-14)8-19-12-4-3-9(13)6-11(12)16(17)18/h3-4,6,10,15H,2,5,8H2,1H3. The van der Waals surface area contributed by atoms with Gasteiger partial charge in [0.25, 0.3) is 0 Å². The van der Waals surface area contributed by atoms with Crippen LogP contribution in [0.1, 0.15) is 13.3 Å². The summed E-state index contributed by atoms with van der Waals surface area (Å²) < 4.78 is 5.96. The first-order valence-electron chi connectivity index (χ1n) is 5.78. The average Bonchev–Trinajstić information content (AvgIpc) is 2.40. The maximum Gasteiger partial charge on any atom is 0.312 e. The van der Waals surface area contributed by atoms with Gasteiger partial charge >= 0.3 is 5.69 Å². The Morgan fingerprint density at radius 1 is 1.63 bits per heavy atom. The molecule has 1 aromatic carbocycles. The van der Waals surface area contributed by atoms with Gasteiger partial charge in [-0.05, 0) is 25.1 Å². The number of nitro groups is 1. The Balaban J connectivity index is 2.72. The van der Waals surface area contributed by atoms with Gasteiger partial charge in [0.05, 0.1) is 11.0 Å². The third-order valence-corrected chi connectivity index (χ3v) is 2.81. The van der Waals surface area contributed by atoms with Gasteiger partial charge in [-0.1, -0.05) is 22.9 Å². The summed E-state index contributed by atoms with van der Waals surface area (Å²) in [5.41, 5.74) is -0.124. The van der Waals surface area contributed by atoms with Crippen molar-refractivity contribution >= 4 is 21.6 Å². The number of benzene rings is 1. The first-order valence-corrected chi connectivity index (χ1v) is 6.57. The van der Waals surface area contributed by atoms with Gasteiger partial charge in [-0.2, -0.15) is 5.26 Å². The van der Waals surface area contributed by atoms with E-state index in [0.717, 1.165) is 6.42 Å². The van der Waals surface area contributed by atoms with Crippen LogP contribution in [0.4, 0.5) is 5.69 Å². The molecule has 0 fully saturated rings. The molecule has 0 amide bonds. The van der Waals surface area contributed by atoms with Gasteiger partial charge in [-0.25, -0.2) is 0 Å². The van der Waals surface area contributed by atoms with E-state index in [1.165, 1.54) is 12.1 Å². The van der Waals surface area contributed by atoms with E-state index in [2.05, 4.69) is 27.3 Å². The molecule has 1 aromatic rings. The number of halogens is 1. The number of hydrogen-bond acceptors (Lipinski definition) is 5. The van der Waals surface area contributed by atoms with Crippen LogP contribution in [0, 0.1) is 21.4 Å². The maximum absolute atomic E-state index is 10.9. The van der Waals surface area contributed by atoms with Crippen LogP contribution in [0.3, 0.4) is 0 Å². The SMILES string of the molecule is CCCNC(C#N)COc1ccc(Br)cc1[N+](=O)[O-]. The Kier molecular flexibility index (Phi) is 6.25. The molecule has 1 N–H and O–H groups in total. The van der Waals surface area contributed by atoms with Gasteiger partial charge in [0, 0.05) is 10.5 Å². The second-order valence-electron chi connectivity index (χ2n) is 3.82. The minimum Gasteiger partial charge on any atom is -0.484 e. The number of nitrogens with zero attached hydrogens (tertiary/aromatic N) is 2. The zero-order chi connectivity index (χ0) is 14.3. The van der Waals surface area contributed by atoms with Crippen LogP contribution < -0.4 is 10.1 Å². The minimum atomic E-state index is -0.513. The van der Waals surface area contributed by atoms with E-state index in [9.17, 15) is 10.1 Å². The van der Waals surface area contributed by atoms with Crippen molar-refractivity contribution < 1.29 is 9.66 Å². The number of rotatable bonds is 7. The molecule has 0 saturated heterocycles. The Morgan fingerprint density at radius 3 is 2.95 bits per heavy atom. The molecule has 1 rings (SSSR count). The van der Waals surface area contributed by atoms with Crippen molar-refractivity contribution in [2.24, 2.45) is 0 Å². The molecule has 1 atom stereocenters. The summed E-state index contributed by atoms with van der Waals surface area (Å²) >= 11 is 3.17. The van der Waals surface area contributed by atoms with Crippen molar-refractivity contribution in [3.05, 3.63) is 32.8 Å². The predicted octanol–water partition coefficient (Wildman–Crippen LogP) is 2.63. The van der Waals surface area contributed by atoms with Crippen molar-refractivity contribution in [3.8, 4) is 11.8 Å². The summed E-state index contributed by atoms with van der Waals surface area (Å²) in [5.74, 6) is 0.159. The topological polar surface area (TPSA) is 88.2 Å². The summed E-state index contributed by atoms with van der Waals surface area (Å²) in [6.07, 6.45) is 0.899. The molecule has 0 aromatic heterocycles. The van der Waals surface area contributed by atoms with E-state index in [1.807, 2.05) is 6.92 Å². The van der Waals surface area contributed by atoms with Crippen LogP contribution in [-0.2, 0) is 0 Å². The highest BCUT2D eigenvalue weighted by Gasteiger charge is 2.17. The van der Waals surface area contributed by atoms with Crippen LogP contribution in [0.5, 0.6) is 5.75 Å². The van der Waals surface area contributed by atoms with Gasteiger partial charge in [-0.15, -0.1) is 0 Å². The highest BCUT2D eigenvalue weighted by atomic mass is 79.9. The third-order valence-electron chi connectivity index (χ3n) is 2.32. The van der Waals surface area contributed by atoms with Crippen LogP contribution in [0.2, 0.25) is 0 Å². The fraction of sp³-hybridized carbons (Fsp3) is 0.417. The second-order valence-corrected chi connectivity index (χ2v) is 4.73. The van der Waals surface area contributed by atoms with Crippen LogP contribution in [0.15, 0.2) is 22.7 Å². The molecule has 0 saturated carbocycles. The molecule has 102 valence electrons. The molecule has 0 heterocycles. The van der Waals surface area contributed by atoms with Crippen LogP contribution in [-0.4, -0.2) is 24.1 Å². The number of ether oxygens (including phenoxy) is 1. The predicted molar refractivity (Wildman–Crippen MR) is 74.0 cm³/mol. The average molecular weight is 328 g/mol. The van der Waals surface area contributed by atoms with Crippen LogP contribution >= 0.6 is 15.9 Å². The van der Waals surface area contributed by atoms with E-state index in [-0.39, 0.29) is 18.0 Å². The Hall–Kier alpha value is -1.65. The smallest absolute Gasteiger partial charge is 0.312 e. The monoisotopic (exact) mass is 327 g/mol. The van der Waals surface area contributed by atoms with Gasteiger partial charge in [0.1, 0.15) is 12.6 Å². The van der Waals surface area contributed by atoms with E-state index in [1.54, 1.807) is 6.07 Å². The van der Waals surface area contributed by atoms with Gasteiger partial charge in [-0.3, -0.25) is 15.4 Å². The quantitative estimate of drug-likeness (QED) is 0.614. The number of nitro benzene ring substituents is 1. The molecule has 0 aliphatic rings. The molecule has 19 heavy (non-hydrogen) atoms. The lowest BCUT2D eigenvalue weighted by Gasteiger charge is -2.12. The molecule has 0 aliphatic carbocycles. The molecule has 6 nitrogen and oxygen atoms in total. The van der Waals surface area contributed by atoms with Crippen molar-refractivity contribution in [2.45, 2.75) is 19.4 Å². The maximum atomic E-state index is 10.9. The summed E-state index contributed by atoms with van der Waals surface area (Å²) in [6.45, 7) is 2.75. The molecular formula is C12H14BrN3O3. The molecule has 7 heteroatoms. The first-order chi connectivity index (χ1) is 9.08. The normalized spacial score (nSPS) is 11.6. The highest BCUT2D eigenvalue weighted by molar-refractivity contribution is 9.10.